The Kier molecular flexibility index (Phi) is 4.85. The minimum absolute atomic E-state index is 0.0536. The molecule has 7 heteroatoms. The largest absolute Gasteiger partial charge is 0.384 e. The molecule has 0 bridgehead atoms. The van der Waals surface area contributed by atoms with Crippen LogP contribution in [0.4, 0.5) is 5.82 Å². The predicted molar refractivity (Wildman–Crippen MR) is 85.1 cm³/mol. The van der Waals surface area contributed by atoms with Crippen LogP contribution >= 0.6 is 0 Å². The molecule has 1 saturated heterocycles. The number of nitrogens with two attached hydrogens (primary N) is 1. The van der Waals surface area contributed by atoms with Crippen molar-refractivity contribution in [3.63, 3.8) is 0 Å². The Morgan fingerprint density at radius 1 is 1.27 bits per heavy atom. The smallest absolute Gasteiger partial charge is 0.332 e. The molecule has 1 aromatic rings. The average molecular weight is 308 g/mol. The Hall–Kier alpha value is -1.89. The Morgan fingerprint density at radius 3 is 2.59 bits per heavy atom. The number of nitrogens with zero attached hydrogens (tertiary/aromatic N) is 3. The summed E-state index contributed by atoms with van der Waals surface area (Å²) >= 11 is 0. The molecule has 0 spiro atoms. The van der Waals surface area contributed by atoms with Gasteiger partial charge in [-0.2, -0.15) is 0 Å². The van der Waals surface area contributed by atoms with Crippen LogP contribution in [-0.4, -0.2) is 39.5 Å². The van der Waals surface area contributed by atoms with Crippen molar-refractivity contribution >= 4 is 11.6 Å². The van der Waals surface area contributed by atoms with Gasteiger partial charge in [-0.3, -0.25) is 23.6 Å². The van der Waals surface area contributed by atoms with Gasteiger partial charge in [-0.1, -0.05) is 13.3 Å². The van der Waals surface area contributed by atoms with Crippen LogP contribution in [0.2, 0.25) is 0 Å². The summed E-state index contributed by atoms with van der Waals surface area (Å²) in [5.41, 5.74) is 4.60. The number of anilines is 1. The SMILES string of the molecule is CCC1CCCN(CC(=O)c2c(N)n(C)c(=O)n(C)c2=O)C1. The lowest BCUT2D eigenvalue weighted by molar-refractivity contribution is 0.0882. The normalized spacial score (nSPS) is 19.3. The van der Waals surface area contributed by atoms with Crippen LogP contribution in [0.3, 0.4) is 0 Å². The van der Waals surface area contributed by atoms with Crippen LogP contribution in [-0.2, 0) is 14.1 Å². The van der Waals surface area contributed by atoms with Crippen LogP contribution in [0.5, 0.6) is 0 Å². The van der Waals surface area contributed by atoms with Crippen LogP contribution < -0.4 is 17.0 Å². The van der Waals surface area contributed by atoms with Crippen LogP contribution in [0.15, 0.2) is 9.59 Å². The summed E-state index contributed by atoms with van der Waals surface area (Å²) < 4.78 is 2.06. The van der Waals surface area contributed by atoms with E-state index < -0.39 is 11.2 Å². The number of hydrogen-bond donors (Lipinski definition) is 1. The summed E-state index contributed by atoms with van der Waals surface area (Å²) in [6, 6.07) is 0. The third-order valence-electron chi connectivity index (χ3n) is 4.54. The van der Waals surface area contributed by atoms with Crippen LogP contribution in [0.25, 0.3) is 0 Å². The molecular weight excluding hydrogens is 284 g/mol. The first-order chi connectivity index (χ1) is 10.4. The molecule has 0 saturated carbocycles. The summed E-state index contributed by atoms with van der Waals surface area (Å²) in [6.07, 6.45) is 3.34. The third kappa shape index (κ3) is 2.99. The monoisotopic (exact) mass is 308 g/mol. The zero-order chi connectivity index (χ0) is 16.4. The standard InChI is InChI=1S/C15H24N4O3/c1-4-10-6-5-7-19(8-10)9-11(20)12-13(16)17(2)15(22)18(3)14(12)21/h10H,4-9,16H2,1-3H3. The summed E-state index contributed by atoms with van der Waals surface area (Å²) in [7, 11) is 2.82. The molecular formula is C15H24N4O3. The number of piperidine rings is 1. The van der Waals surface area contributed by atoms with Crippen molar-refractivity contribution in [2.75, 3.05) is 25.4 Å². The highest BCUT2D eigenvalue weighted by molar-refractivity contribution is 6.01. The zero-order valence-corrected chi connectivity index (χ0v) is 13.5. The molecule has 1 fully saturated rings. The van der Waals surface area contributed by atoms with E-state index in [-0.39, 0.29) is 23.7 Å². The second-order valence-corrected chi connectivity index (χ2v) is 6.04. The number of nitrogen functional groups attached to an aromatic ring is 1. The second kappa shape index (κ2) is 6.48. The Labute approximate surface area is 129 Å². The van der Waals surface area contributed by atoms with E-state index in [1.165, 1.54) is 20.5 Å². The van der Waals surface area contributed by atoms with Gasteiger partial charge >= 0.3 is 5.69 Å². The van der Waals surface area contributed by atoms with Crippen molar-refractivity contribution in [3.8, 4) is 0 Å². The minimum atomic E-state index is -0.616. The Balaban J connectivity index is 2.27. The number of likely N-dealkylation sites (tertiary alicyclic amines) is 1. The van der Waals surface area contributed by atoms with Crippen LogP contribution in [0.1, 0.15) is 36.5 Å². The Bertz CT molecular complexity index is 689. The van der Waals surface area contributed by atoms with Gasteiger partial charge in [-0.05, 0) is 25.3 Å². The highest BCUT2D eigenvalue weighted by Crippen LogP contribution is 2.19. The molecule has 7 nitrogen and oxygen atoms in total. The minimum Gasteiger partial charge on any atom is -0.384 e. The third-order valence-corrected chi connectivity index (χ3v) is 4.54. The predicted octanol–water partition coefficient (Wildman–Crippen LogP) is -0.0291. The van der Waals surface area contributed by atoms with E-state index in [1.54, 1.807) is 0 Å². The lowest BCUT2D eigenvalue weighted by atomic mass is 9.95. The molecule has 0 aliphatic carbocycles. The first kappa shape index (κ1) is 16.5. The molecule has 2 N–H and O–H groups in total. The zero-order valence-electron chi connectivity index (χ0n) is 13.5. The number of carbonyl (C=O) groups is 1. The van der Waals surface area contributed by atoms with Crippen molar-refractivity contribution in [1.82, 2.24) is 14.0 Å². The lowest BCUT2D eigenvalue weighted by Crippen LogP contribution is -2.44. The maximum Gasteiger partial charge on any atom is 0.332 e. The molecule has 1 aromatic heterocycles. The van der Waals surface area contributed by atoms with Gasteiger partial charge < -0.3 is 5.73 Å². The van der Waals surface area contributed by atoms with E-state index >= 15 is 0 Å². The fourth-order valence-corrected chi connectivity index (χ4v) is 3.03. The highest BCUT2D eigenvalue weighted by Gasteiger charge is 2.25. The molecule has 0 radical (unpaired) electrons. The number of Topliss-reactive ketones (excluding diaryl/α,β-unsaturated/α-hetero) is 1. The maximum atomic E-state index is 12.5. The first-order valence-electron chi connectivity index (χ1n) is 7.67. The lowest BCUT2D eigenvalue weighted by Gasteiger charge is -2.31. The van der Waals surface area contributed by atoms with E-state index in [9.17, 15) is 14.4 Å². The van der Waals surface area contributed by atoms with Crippen molar-refractivity contribution in [1.29, 1.82) is 0 Å². The molecule has 0 aromatic carbocycles. The first-order valence-corrected chi connectivity index (χ1v) is 7.67. The molecule has 0 amide bonds. The van der Waals surface area contributed by atoms with E-state index in [4.69, 9.17) is 5.73 Å². The maximum absolute atomic E-state index is 12.5. The van der Waals surface area contributed by atoms with Crippen molar-refractivity contribution < 1.29 is 4.79 Å². The number of carbonyl (C=O) groups excluding carboxylic acids is 1. The fraction of sp³-hybridized carbons (Fsp3) is 0.667. The molecule has 1 aliphatic heterocycles. The quantitative estimate of drug-likeness (QED) is 0.789. The van der Waals surface area contributed by atoms with Crippen molar-refractivity contribution in [2.45, 2.75) is 26.2 Å². The number of rotatable bonds is 4. The fourth-order valence-electron chi connectivity index (χ4n) is 3.03. The van der Waals surface area contributed by atoms with Gasteiger partial charge in [-0.15, -0.1) is 0 Å². The topological polar surface area (TPSA) is 90.3 Å². The summed E-state index contributed by atoms with van der Waals surface area (Å²) in [5.74, 6) is 0.231. The molecule has 22 heavy (non-hydrogen) atoms. The summed E-state index contributed by atoms with van der Waals surface area (Å²) in [6.45, 7) is 4.05. The summed E-state index contributed by atoms with van der Waals surface area (Å²) in [5, 5.41) is 0. The van der Waals surface area contributed by atoms with Crippen LogP contribution in [0, 0.1) is 5.92 Å². The van der Waals surface area contributed by atoms with E-state index in [1.807, 2.05) is 0 Å². The number of aromatic nitrogens is 2. The van der Waals surface area contributed by atoms with E-state index in [0.29, 0.717) is 5.92 Å². The molecule has 1 unspecified atom stereocenters. The van der Waals surface area contributed by atoms with Gasteiger partial charge in [0.1, 0.15) is 11.4 Å². The van der Waals surface area contributed by atoms with Crippen molar-refractivity contribution in [3.05, 3.63) is 26.4 Å². The van der Waals surface area contributed by atoms with Gasteiger partial charge in [0.25, 0.3) is 5.56 Å². The van der Waals surface area contributed by atoms with E-state index in [2.05, 4.69) is 11.8 Å². The molecule has 1 atom stereocenters. The molecule has 122 valence electrons. The molecule has 2 heterocycles. The molecule has 2 rings (SSSR count). The Morgan fingerprint density at radius 2 is 1.95 bits per heavy atom. The second-order valence-electron chi connectivity index (χ2n) is 6.04. The average Bonchev–Trinajstić information content (AvgIpc) is 2.51. The van der Waals surface area contributed by atoms with Gasteiger partial charge in [0.05, 0.1) is 6.54 Å². The van der Waals surface area contributed by atoms with Crippen molar-refractivity contribution in [2.24, 2.45) is 20.0 Å². The van der Waals surface area contributed by atoms with E-state index in [0.717, 1.165) is 35.1 Å². The number of ketones is 1. The summed E-state index contributed by atoms with van der Waals surface area (Å²) in [4.78, 5) is 38.6. The van der Waals surface area contributed by atoms with Gasteiger partial charge in [-0.25, -0.2) is 4.79 Å². The molecule has 1 aliphatic rings. The van der Waals surface area contributed by atoms with Gasteiger partial charge in [0.15, 0.2) is 5.78 Å². The van der Waals surface area contributed by atoms with Gasteiger partial charge in [0, 0.05) is 20.6 Å². The highest BCUT2D eigenvalue weighted by atomic mass is 16.2. The number of hydrogen-bond acceptors (Lipinski definition) is 5. The van der Waals surface area contributed by atoms with Gasteiger partial charge in [0.2, 0.25) is 0 Å².